The van der Waals surface area contributed by atoms with E-state index in [9.17, 15) is 22.7 Å². The minimum atomic E-state index is -3.20. The predicted molar refractivity (Wildman–Crippen MR) is 116 cm³/mol. The molecule has 0 radical (unpaired) electrons. The van der Waals surface area contributed by atoms with Gasteiger partial charge in [-0.05, 0) is 87.8 Å². The zero-order chi connectivity index (χ0) is 22.7. The minimum absolute atomic E-state index is 0.0720. The molecule has 0 unspecified atom stereocenters. The first-order valence-corrected chi connectivity index (χ1v) is 14.8. The van der Waals surface area contributed by atoms with Gasteiger partial charge < -0.3 is 9.53 Å². The molecule has 2 fully saturated rings. The van der Waals surface area contributed by atoms with Crippen molar-refractivity contribution in [2.75, 3.05) is 6.61 Å². The van der Waals surface area contributed by atoms with E-state index < -0.39 is 26.8 Å². The Morgan fingerprint density at radius 2 is 1.83 bits per heavy atom. The van der Waals surface area contributed by atoms with Crippen LogP contribution >= 0.6 is 0 Å². The first-order chi connectivity index (χ1) is 13.9. The summed E-state index contributed by atoms with van der Waals surface area (Å²) >= 11 is 0. The number of hydrogen-bond donors (Lipinski definition) is 1. The van der Waals surface area contributed by atoms with Crippen LogP contribution in [0, 0.1) is 23.2 Å². The third-order valence-electron chi connectivity index (χ3n) is 7.54. The van der Waals surface area contributed by atoms with Gasteiger partial charge in [0.1, 0.15) is 0 Å². The van der Waals surface area contributed by atoms with Crippen LogP contribution in [0.5, 0.6) is 0 Å². The Bertz CT molecular complexity index is 582. The van der Waals surface area contributed by atoms with Crippen LogP contribution in [0.3, 0.4) is 0 Å². The lowest BCUT2D eigenvalue weighted by atomic mass is 9.60. The lowest BCUT2D eigenvalue weighted by molar-refractivity contribution is -0.169. The van der Waals surface area contributed by atoms with Crippen molar-refractivity contribution in [1.29, 1.82) is 0 Å². The molecular weight excluding hydrogens is 412 g/mol. The predicted octanol–water partition coefficient (Wildman–Crippen LogP) is 7.05. The highest BCUT2D eigenvalue weighted by Crippen LogP contribution is 2.59. The molecule has 2 aliphatic rings. The van der Waals surface area contributed by atoms with E-state index in [0.29, 0.717) is 24.7 Å². The van der Waals surface area contributed by atoms with E-state index in [2.05, 4.69) is 13.8 Å². The van der Waals surface area contributed by atoms with E-state index in [-0.39, 0.29) is 24.4 Å². The fourth-order valence-corrected chi connectivity index (χ4v) is 7.72. The molecule has 0 amide bonds. The zero-order valence-corrected chi connectivity index (χ0v) is 20.2. The molecule has 0 aliphatic heterocycles. The summed E-state index contributed by atoms with van der Waals surface area (Å²) in [4.78, 5) is 0. The second-order valence-electron chi connectivity index (χ2n) is 10.7. The van der Waals surface area contributed by atoms with Gasteiger partial charge in [-0.1, -0.05) is 31.9 Å². The molecule has 176 valence electrons. The fraction of sp³-hybridized carbons (Fsp3) is 0.913. The van der Waals surface area contributed by atoms with E-state index >= 15 is 0 Å². The Hall–Kier alpha value is -0.403. The van der Waals surface area contributed by atoms with E-state index in [4.69, 9.17) is 4.43 Å². The number of hydrogen-bond acceptors (Lipinski definition) is 2. The van der Waals surface area contributed by atoms with Crippen molar-refractivity contribution in [2.45, 2.75) is 103 Å². The Morgan fingerprint density at radius 1 is 1.20 bits per heavy atom. The normalized spacial score (nSPS) is 30.3. The molecule has 0 heterocycles. The number of aliphatic hydroxyl groups is 1. The SMILES string of the molecule is C[C@H](CCCC(O[Si](C)(C)C)(C(F)F)C(F)F)[C@H]1CC[C@H]2/C(=C/CO)CCC[C@]12C. The summed E-state index contributed by atoms with van der Waals surface area (Å²) in [6.45, 7) is 9.57. The molecule has 30 heavy (non-hydrogen) atoms. The summed E-state index contributed by atoms with van der Waals surface area (Å²) < 4.78 is 60.4. The van der Waals surface area contributed by atoms with Gasteiger partial charge in [0.15, 0.2) is 13.9 Å². The molecule has 0 aromatic heterocycles. The summed E-state index contributed by atoms with van der Waals surface area (Å²) in [6.07, 6.45) is 1.68. The highest BCUT2D eigenvalue weighted by Gasteiger charge is 2.53. The fourth-order valence-electron chi connectivity index (χ4n) is 6.30. The molecule has 0 bridgehead atoms. The largest absolute Gasteiger partial charge is 0.402 e. The van der Waals surface area contributed by atoms with Gasteiger partial charge in [-0.25, -0.2) is 17.6 Å². The maximum absolute atomic E-state index is 13.7. The van der Waals surface area contributed by atoms with Crippen LogP contribution in [-0.2, 0) is 4.43 Å². The maximum Gasteiger partial charge on any atom is 0.271 e. The van der Waals surface area contributed by atoms with Crippen LogP contribution in [0.2, 0.25) is 19.6 Å². The third kappa shape index (κ3) is 5.50. The molecule has 0 saturated heterocycles. The minimum Gasteiger partial charge on any atom is -0.402 e. The van der Waals surface area contributed by atoms with Crippen molar-refractivity contribution in [3.05, 3.63) is 11.6 Å². The molecule has 0 spiro atoms. The first kappa shape index (κ1) is 25.9. The molecule has 1 N–H and O–H groups in total. The number of rotatable bonds is 10. The lowest BCUT2D eigenvalue weighted by Crippen LogP contribution is -2.53. The average Bonchev–Trinajstić information content (AvgIpc) is 2.97. The summed E-state index contributed by atoms with van der Waals surface area (Å²) in [5.74, 6) is 1.21. The molecule has 7 heteroatoms. The molecule has 2 rings (SSSR count). The molecule has 2 nitrogen and oxygen atoms in total. The van der Waals surface area contributed by atoms with Gasteiger partial charge in [0.2, 0.25) is 0 Å². The topological polar surface area (TPSA) is 29.5 Å². The van der Waals surface area contributed by atoms with Crippen molar-refractivity contribution in [2.24, 2.45) is 23.2 Å². The number of alkyl halides is 4. The number of allylic oxidation sites excluding steroid dienone is 1. The first-order valence-electron chi connectivity index (χ1n) is 11.4. The zero-order valence-electron chi connectivity index (χ0n) is 19.2. The number of halogens is 4. The highest BCUT2D eigenvalue weighted by atomic mass is 28.4. The van der Waals surface area contributed by atoms with E-state index in [1.807, 2.05) is 6.08 Å². The third-order valence-corrected chi connectivity index (χ3v) is 8.53. The van der Waals surface area contributed by atoms with Crippen LogP contribution in [0.4, 0.5) is 17.6 Å². The summed E-state index contributed by atoms with van der Waals surface area (Å²) in [6, 6.07) is 0. The maximum atomic E-state index is 13.7. The van der Waals surface area contributed by atoms with Gasteiger partial charge in [-0.3, -0.25) is 0 Å². The Labute approximate surface area is 180 Å². The van der Waals surface area contributed by atoms with E-state index in [1.165, 1.54) is 5.57 Å². The molecule has 4 atom stereocenters. The van der Waals surface area contributed by atoms with Crippen LogP contribution < -0.4 is 0 Å². The summed E-state index contributed by atoms with van der Waals surface area (Å²) in [5.41, 5.74) is -1.14. The van der Waals surface area contributed by atoms with Gasteiger partial charge in [0.25, 0.3) is 12.9 Å². The van der Waals surface area contributed by atoms with Gasteiger partial charge in [-0.15, -0.1) is 0 Å². The smallest absolute Gasteiger partial charge is 0.271 e. The van der Waals surface area contributed by atoms with Crippen molar-refractivity contribution in [3.63, 3.8) is 0 Å². The van der Waals surface area contributed by atoms with Gasteiger partial charge in [0.05, 0.1) is 6.61 Å². The van der Waals surface area contributed by atoms with Gasteiger partial charge in [-0.2, -0.15) is 0 Å². The molecule has 2 saturated carbocycles. The Balaban J connectivity index is 2.05. The lowest BCUT2D eigenvalue weighted by Gasteiger charge is -2.44. The Morgan fingerprint density at radius 3 is 2.37 bits per heavy atom. The van der Waals surface area contributed by atoms with Crippen LogP contribution in [0.25, 0.3) is 0 Å². The van der Waals surface area contributed by atoms with Crippen LogP contribution in [0.1, 0.15) is 65.2 Å². The summed E-state index contributed by atoms with van der Waals surface area (Å²) in [5, 5.41) is 9.35. The Kier molecular flexibility index (Phi) is 8.64. The average molecular weight is 453 g/mol. The van der Waals surface area contributed by atoms with Crippen LogP contribution in [-0.4, -0.2) is 38.5 Å². The second kappa shape index (κ2) is 10.0. The van der Waals surface area contributed by atoms with Crippen LogP contribution in [0.15, 0.2) is 11.6 Å². The van der Waals surface area contributed by atoms with Gasteiger partial charge in [0, 0.05) is 0 Å². The van der Waals surface area contributed by atoms with Crippen molar-refractivity contribution in [1.82, 2.24) is 0 Å². The molecule has 0 aromatic carbocycles. The standard InChI is InChI=1S/C23H40F4O2Si/c1-16(8-6-14-23(20(24)25,21(26)27)29-30(3,4)5)18-10-11-19-17(12-15-28)9-7-13-22(18,19)2/h12,16,18-21,28H,6-11,13-15H2,1-5H3/b17-12+/t16-,18-,19+,22-/m1/s1. The number of fused-ring (bicyclic) bond motifs is 1. The number of aliphatic hydroxyl groups excluding tert-OH is 1. The van der Waals surface area contributed by atoms with Crippen molar-refractivity contribution >= 4 is 8.32 Å². The second-order valence-corrected chi connectivity index (χ2v) is 15.1. The molecule has 2 aliphatic carbocycles. The van der Waals surface area contributed by atoms with Crippen molar-refractivity contribution < 1.29 is 27.1 Å². The summed E-state index contributed by atoms with van der Waals surface area (Å²) in [7, 11) is -2.56. The van der Waals surface area contributed by atoms with E-state index in [0.717, 1.165) is 32.1 Å². The van der Waals surface area contributed by atoms with Crippen molar-refractivity contribution in [3.8, 4) is 0 Å². The quantitative estimate of drug-likeness (QED) is 0.219. The monoisotopic (exact) mass is 452 g/mol. The highest BCUT2D eigenvalue weighted by molar-refractivity contribution is 6.69. The van der Waals surface area contributed by atoms with E-state index in [1.54, 1.807) is 19.6 Å². The molecule has 0 aromatic rings. The molecular formula is C23H40F4O2Si. The van der Waals surface area contributed by atoms with Gasteiger partial charge >= 0.3 is 0 Å².